The van der Waals surface area contributed by atoms with Crippen LogP contribution in [0.25, 0.3) is 22.3 Å². The molecule has 2 aromatic carbocycles. The molecule has 32 heavy (non-hydrogen) atoms. The van der Waals surface area contributed by atoms with Gasteiger partial charge in [0.05, 0.1) is 13.7 Å². The van der Waals surface area contributed by atoms with E-state index in [-0.39, 0.29) is 22.5 Å². The van der Waals surface area contributed by atoms with Crippen LogP contribution in [0.3, 0.4) is 0 Å². The van der Waals surface area contributed by atoms with Crippen LogP contribution in [0, 0.1) is 0 Å². The molecule has 0 bridgehead atoms. The van der Waals surface area contributed by atoms with Gasteiger partial charge in [-0.25, -0.2) is 0 Å². The summed E-state index contributed by atoms with van der Waals surface area (Å²) >= 11 is 0. The Hall–Kier alpha value is -3.15. The molecule has 1 saturated heterocycles. The first-order valence-corrected chi connectivity index (χ1v) is 9.75. The predicted molar refractivity (Wildman–Crippen MR) is 111 cm³/mol. The van der Waals surface area contributed by atoms with Crippen LogP contribution in [-0.4, -0.2) is 70.0 Å². The van der Waals surface area contributed by atoms with Crippen LogP contribution >= 0.6 is 0 Å². The Balaban J connectivity index is 1.69. The monoisotopic (exact) mass is 446 g/mol. The van der Waals surface area contributed by atoms with Crippen molar-refractivity contribution in [1.82, 2.24) is 0 Å². The Bertz CT molecular complexity index is 1150. The predicted octanol–water partition coefficient (Wildman–Crippen LogP) is 0.353. The summed E-state index contributed by atoms with van der Waals surface area (Å²) in [5.41, 5.74) is 0.140. The molecule has 0 amide bonds. The van der Waals surface area contributed by atoms with Crippen molar-refractivity contribution < 1.29 is 44.2 Å². The van der Waals surface area contributed by atoms with E-state index in [2.05, 4.69) is 0 Å². The fourth-order valence-electron chi connectivity index (χ4n) is 3.51. The Labute approximate surface area is 181 Å². The third kappa shape index (κ3) is 4.01. The van der Waals surface area contributed by atoms with Gasteiger partial charge in [0.15, 0.2) is 5.43 Å². The third-order valence-electron chi connectivity index (χ3n) is 5.26. The van der Waals surface area contributed by atoms with Crippen LogP contribution < -0.4 is 14.9 Å². The lowest BCUT2D eigenvalue weighted by atomic mass is 9.99. The number of benzene rings is 2. The number of hydrogen-bond donors (Lipinski definition) is 5. The molecule has 10 nitrogen and oxygen atoms in total. The Morgan fingerprint density at radius 2 is 1.69 bits per heavy atom. The number of fused-ring (bicyclic) bond motifs is 1. The van der Waals surface area contributed by atoms with Gasteiger partial charge in [-0.05, 0) is 24.3 Å². The average molecular weight is 446 g/mol. The average Bonchev–Trinajstić information content (AvgIpc) is 2.79. The van der Waals surface area contributed by atoms with Crippen LogP contribution in [0.5, 0.6) is 17.2 Å². The summed E-state index contributed by atoms with van der Waals surface area (Å²) in [5, 5.41) is 49.6. The zero-order valence-electron chi connectivity index (χ0n) is 16.9. The quantitative estimate of drug-likeness (QED) is 0.370. The van der Waals surface area contributed by atoms with Gasteiger partial charge >= 0.3 is 0 Å². The lowest BCUT2D eigenvalue weighted by molar-refractivity contribution is -0.277. The van der Waals surface area contributed by atoms with Gasteiger partial charge in [0, 0.05) is 23.8 Å². The summed E-state index contributed by atoms with van der Waals surface area (Å²) in [4.78, 5) is 12.6. The van der Waals surface area contributed by atoms with Crippen molar-refractivity contribution in [1.29, 1.82) is 0 Å². The molecule has 0 radical (unpaired) electrons. The van der Waals surface area contributed by atoms with Gasteiger partial charge in [-0.15, -0.1) is 0 Å². The second-order valence-corrected chi connectivity index (χ2v) is 7.33. The van der Waals surface area contributed by atoms with Gasteiger partial charge in [-0.3, -0.25) is 4.79 Å². The maximum Gasteiger partial charge on any atom is 0.229 e. The van der Waals surface area contributed by atoms with Gasteiger partial charge < -0.3 is 44.2 Å². The van der Waals surface area contributed by atoms with Crippen LogP contribution in [0.15, 0.2) is 51.7 Å². The summed E-state index contributed by atoms with van der Waals surface area (Å²) in [7, 11) is 1.53. The molecule has 5 N–H and O–H groups in total. The molecule has 1 fully saturated rings. The van der Waals surface area contributed by atoms with Crippen molar-refractivity contribution in [3.63, 3.8) is 0 Å². The van der Waals surface area contributed by atoms with E-state index in [0.29, 0.717) is 11.3 Å². The smallest absolute Gasteiger partial charge is 0.229 e. The maximum atomic E-state index is 12.6. The van der Waals surface area contributed by atoms with E-state index in [1.54, 1.807) is 24.3 Å². The number of aliphatic hydroxyl groups excluding tert-OH is 4. The normalized spacial score (nSPS) is 25.6. The second kappa shape index (κ2) is 8.77. The maximum absolute atomic E-state index is 12.6. The molecule has 0 spiro atoms. The van der Waals surface area contributed by atoms with Crippen LogP contribution in [0.1, 0.15) is 0 Å². The highest BCUT2D eigenvalue weighted by atomic mass is 16.7. The van der Waals surface area contributed by atoms with Crippen LogP contribution in [0.4, 0.5) is 0 Å². The Morgan fingerprint density at radius 1 is 0.969 bits per heavy atom. The van der Waals surface area contributed by atoms with Crippen molar-refractivity contribution in [2.24, 2.45) is 0 Å². The SMILES string of the molecule is COc1ccc(-c2cc(=O)c3c(O)cc(O[C@@H]4O[C@@H](CO)[C@@H](O)[C@H](O)[C@H]4O)cc3o2)cc1. The first-order valence-electron chi connectivity index (χ1n) is 9.75. The van der Waals surface area contributed by atoms with Crippen molar-refractivity contribution in [3.8, 4) is 28.6 Å². The summed E-state index contributed by atoms with van der Waals surface area (Å²) in [5.74, 6) is 0.422. The molecule has 1 aromatic heterocycles. The van der Waals surface area contributed by atoms with E-state index in [9.17, 15) is 30.3 Å². The molecule has 3 aromatic rings. The lowest BCUT2D eigenvalue weighted by Crippen LogP contribution is -2.60. The summed E-state index contributed by atoms with van der Waals surface area (Å²) in [6, 6.07) is 10.5. The number of aliphatic hydroxyl groups is 4. The van der Waals surface area contributed by atoms with Crippen molar-refractivity contribution in [3.05, 3.63) is 52.7 Å². The summed E-state index contributed by atoms with van der Waals surface area (Å²) in [6.07, 6.45) is -7.42. The van der Waals surface area contributed by atoms with E-state index in [0.717, 1.165) is 6.07 Å². The van der Waals surface area contributed by atoms with Gasteiger partial charge in [0.25, 0.3) is 0 Å². The molecule has 5 atom stereocenters. The zero-order valence-corrected chi connectivity index (χ0v) is 16.9. The minimum Gasteiger partial charge on any atom is -0.507 e. The number of hydrogen-bond acceptors (Lipinski definition) is 10. The minimum atomic E-state index is -1.64. The highest BCUT2D eigenvalue weighted by Gasteiger charge is 2.44. The fourth-order valence-corrected chi connectivity index (χ4v) is 3.51. The summed E-state index contributed by atoms with van der Waals surface area (Å²) in [6.45, 7) is -0.617. The highest BCUT2D eigenvalue weighted by Crippen LogP contribution is 2.33. The molecule has 0 aliphatic carbocycles. The number of methoxy groups -OCH3 is 1. The molecule has 170 valence electrons. The standard InChI is InChI=1S/C22H22O10/c1-29-11-4-2-10(3-5-11)15-8-14(25)18-13(24)6-12(7-16(18)31-15)30-22-21(28)20(27)19(26)17(9-23)32-22/h2-8,17,19-24,26-28H,9H2,1H3/t17-,19+,20-,21+,22+/m0/s1. The van der Waals surface area contributed by atoms with Gasteiger partial charge in [-0.1, -0.05) is 0 Å². The van der Waals surface area contributed by atoms with E-state index in [1.165, 1.54) is 19.2 Å². The number of phenolic OH excluding ortho intramolecular Hbond substituents is 1. The molecule has 10 heteroatoms. The number of phenols is 1. The molecular formula is C22H22O10. The lowest BCUT2D eigenvalue weighted by Gasteiger charge is -2.39. The molecule has 1 aliphatic heterocycles. The molecule has 2 heterocycles. The minimum absolute atomic E-state index is 0.0166. The fraction of sp³-hybridized carbons (Fsp3) is 0.318. The number of ether oxygens (including phenoxy) is 3. The first-order chi connectivity index (χ1) is 15.3. The second-order valence-electron chi connectivity index (χ2n) is 7.33. The van der Waals surface area contributed by atoms with E-state index in [4.69, 9.17) is 18.6 Å². The molecule has 1 aliphatic rings. The van der Waals surface area contributed by atoms with Gasteiger partial charge in [-0.2, -0.15) is 0 Å². The first kappa shape index (κ1) is 22.1. The van der Waals surface area contributed by atoms with Gasteiger partial charge in [0.2, 0.25) is 6.29 Å². The zero-order chi connectivity index (χ0) is 23.0. The Kier molecular flexibility index (Phi) is 6.04. The largest absolute Gasteiger partial charge is 0.507 e. The molecule has 0 unspecified atom stereocenters. The van der Waals surface area contributed by atoms with E-state index >= 15 is 0 Å². The Morgan fingerprint density at radius 3 is 2.34 bits per heavy atom. The number of aromatic hydroxyl groups is 1. The van der Waals surface area contributed by atoms with Crippen LogP contribution in [-0.2, 0) is 4.74 Å². The topological polar surface area (TPSA) is 159 Å². The van der Waals surface area contributed by atoms with Crippen molar-refractivity contribution >= 4 is 11.0 Å². The number of rotatable bonds is 5. The van der Waals surface area contributed by atoms with E-state index in [1.807, 2.05) is 0 Å². The van der Waals surface area contributed by atoms with Gasteiger partial charge in [0.1, 0.15) is 58.4 Å². The van der Waals surface area contributed by atoms with Crippen molar-refractivity contribution in [2.45, 2.75) is 30.7 Å². The molecule has 4 rings (SSSR count). The highest BCUT2D eigenvalue weighted by molar-refractivity contribution is 5.86. The molecular weight excluding hydrogens is 424 g/mol. The van der Waals surface area contributed by atoms with E-state index < -0.39 is 48.5 Å². The third-order valence-corrected chi connectivity index (χ3v) is 5.26. The van der Waals surface area contributed by atoms with Crippen molar-refractivity contribution in [2.75, 3.05) is 13.7 Å². The summed E-state index contributed by atoms with van der Waals surface area (Å²) < 4.78 is 21.8. The van der Waals surface area contributed by atoms with Crippen LogP contribution in [0.2, 0.25) is 0 Å². The molecule has 0 saturated carbocycles.